The van der Waals surface area contributed by atoms with Gasteiger partial charge in [-0.2, -0.15) is 0 Å². The fourth-order valence-electron chi connectivity index (χ4n) is 2.14. The molecule has 1 rings (SSSR count). The monoisotopic (exact) mass is 313 g/mol. The molecule has 1 aromatic carbocycles. The lowest BCUT2D eigenvalue weighted by Gasteiger charge is -2.25. The predicted octanol–water partition coefficient (Wildman–Crippen LogP) is 2.92. The number of para-hydroxylation sites is 1. The van der Waals surface area contributed by atoms with E-state index in [1.807, 2.05) is 38.1 Å². The third kappa shape index (κ3) is 6.06. The summed E-state index contributed by atoms with van der Waals surface area (Å²) in [6, 6.07) is 7.88. The summed E-state index contributed by atoms with van der Waals surface area (Å²) in [6.07, 6.45) is 0. The molecule has 1 atom stereocenters. The Morgan fingerprint density at radius 3 is 2.24 bits per heavy atom. The molecule has 0 aromatic heterocycles. The Morgan fingerprint density at radius 1 is 1.19 bits per heavy atom. The fourth-order valence-corrected chi connectivity index (χ4v) is 3.22. The van der Waals surface area contributed by atoms with Crippen LogP contribution in [-0.2, 0) is 15.4 Å². The average molecular weight is 313 g/mol. The van der Waals surface area contributed by atoms with Crippen LogP contribution in [0.5, 0.6) is 5.75 Å². The molecule has 0 heterocycles. The summed E-state index contributed by atoms with van der Waals surface area (Å²) in [6.45, 7) is 10.7. The zero-order valence-corrected chi connectivity index (χ0v) is 14.4. The van der Waals surface area contributed by atoms with E-state index >= 15 is 0 Å². The van der Waals surface area contributed by atoms with Crippen molar-refractivity contribution in [3.05, 3.63) is 29.8 Å². The number of nitrogens with two attached hydrogens (primary N) is 1. The van der Waals surface area contributed by atoms with Gasteiger partial charge in [0, 0.05) is 5.92 Å². The van der Waals surface area contributed by atoms with Crippen molar-refractivity contribution in [2.24, 2.45) is 17.0 Å². The molecule has 0 bridgehead atoms. The van der Waals surface area contributed by atoms with Crippen LogP contribution >= 0.6 is 0 Å². The minimum Gasteiger partial charge on any atom is -0.493 e. The highest BCUT2D eigenvalue weighted by Gasteiger charge is 2.22. The lowest BCUT2D eigenvalue weighted by Crippen LogP contribution is -2.30. The van der Waals surface area contributed by atoms with Crippen LogP contribution in [0.1, 0.15) is 40.2 Å². The van der Waals surface area contributed by atoms with Crippen LogP contribution in [0.25, 0.3) is 0 Å². The summed E-state index contributed by atoms with van der Waals surface area (Å²) in [5.74, 6) is 0.825. The van der Waals surface area contributed by atoms with Crippen molar-refractivity contribution in [2.75, 3.05) is 12.4 Å². The molecular formula is C16H27NO3S. The van der Waals surface area contributed by atoms with E-state index < -0.39 is 10.0 Å². The largest absolute Gasteiger partial charge is 0.493 e. The van der Waals surface area contributed by atoms with Crippen molar-refractivity contribution in [3.8, 4) is 5.75 Å². The molecule has 5 heteroatoms. The molecule has 1 aromatic rings. The van der Waals surface area contributed by atoms with E-state index in [1.165, 1.54) is 0 Å². The maximum Gasteiger partial charge on any atom is 0.209 e. The molecule has 21 heavy (non-hydrogen) atoms. The highest BCUT2D eigenvalue weighted by atomic mass is 32.2. The topological polar surface area (TPSA) is 69.4 Å². The SMILES string of the molecule is CC(C)C(COc1ccccc1C(C)(C)C)CS(N)(=O)=O. The van der Waals surface area contributed by atoms with E-state index in [-0.39, 0.29) is 23.0 Å². The minimum atomic E-state index is -3.49. The first-order valence-corrected chi connectivity index (χ1v) is 8.95. The van der Waals surface area contributed by atoms with Gasteiger partial charge in [0.25, 0.3) is 0 Å². The zero-order valence-electron chi connectivity index (χ0n) is 13.6. The lowest BCUT2D eigenvalue weighted by atomic mass is 9.86. The zero-order chi connectivity index (χ0) is 16.3. The average Bonchev–Trinajstić information content (AvgIpc) is 2.32. The van der Waals surface area contributed by atoms with Gasteiger partial charge in [-0.15, -0.1) is 0 Å². The predicted molar refractivity (Wildman–Crippen MR) is 86.9 cm³/mol. The van der Waals surface area contributed by atoms with Crippen LogP contribution in [0.3, 0.4) is 0 Å². The highest BCUT2D eigenvalue weighted by molar-refractivity contribution is 7.89. The Labute approximate surface area is 128 Å². The molecule has 0 aliphatic heterocycles. The molecule has 0 aliphatic rings. The maximum atomic E-state index is 11.3. The summed E-state index contributed by atoms with van der Waals surface area (Å²) in [7, 11) is -3.49. The van der Waals surface area contributed by atoms with E-state index in [1.54, 1.807) is 0 Å². The Bertz CT molecular complexity index is 559. The Hall–Kier alpha value is -1.07. The van der Waals surface area contributed by atoms with Gasteiger partial charge in [0.15, 0.2) is 0 Å². The molecule has 4 nitrogen and oxygen atoms in total. The van der Waals surface area contributed by atoms with Crippen molar-refractivity contribution in [2.45, 2.75) is 40.0 Å². The quantitative estimate of drug-likeness (QED) is 0.878. The summed E-state index contributed by atoms with van der Waals surface area (Å²) in [5.41, 5.74) is 1.09. The van der Waals surface area contributed by atoms with Crippen molar-refractivity contribution in [1.82, 2.24) is 0 Å². The van der Waals surface area contributed by atoms with Crippen LogP contribution in [0.4, 0.5) is 0 Å². The fraction of sp³-hybridized carbons (Fsp3) is 0.625. The van der Waals surface area contributed by atoms with Gasteiger partial charge in [-0.05, 0) is 23.0 Å². The van der Waals surface area contributed by atoms with Crippen molar-refractivity contribution >= 4 is 10.0 Å². The van der Waals surface area contributed by atoms with Crippen LogP contribution < -0.4 is 9.88 Å². The van der Waals surface area contributed by atoms with Gasteiger partial charge in [0.2, 0.25) is 10.0 Å². The third-order valence-electron chi connectivity index (χ3n) is 3.54. The van der Waals surface area contributed by atoms with Gasteiger partial charge in [-0.25, -0.2) is 13.6 Å². The van der Waals surface area contributed by atoms with Crippen molar-refractivity contribution in [1.29, 1.82) is 0 Å². The lowest BCUT2D eigenvalue weighted by molar-refractivity contribution is 0.221. The van der Waals surface area contributed by atoms with Gasteiger partial charge in [0.05, 0.1) is 12.4 Å². The molecule has 2 N–H and O–H groups in total. The van der Waals surface area contributed by atoms with E-state index in [0.29, 0.717) is 6.61 Å². The number of sulfonamides is 1. The van der Waals surface area contributed by atoms with Gasteiger partial charge >= 0.3 is 0 Å². The normalized spacial score (nSPS) is 14.2. The number of ether oxygens (including phenoxy) is 1. The molecule has 0 amide bonds. The summed E-state index contributed by atoms with van der Waals surface area (Å²) in [5, 5.41) is 5.16. The highest BCUT2D eigenvalue weighted by Crippen LogP contribution is 2.31. The number of rotatable bonds is 6. The summed E-state index contributed by atoms with van der Waals surface area (Å²) >= 11 is 0. The Kier molecular flexibility index (Phi) is 5.82. The van der Waals surface area contributed by atoms with Crippen LogP contribution in [0.2, 0.25) is 0 Å². The minimum absolute atomic E-state index is 0.0239. The second-order valence-electron chi connectivity index (χ2n) is 6.89. The van der Waals surface area contributed by atoms with Gasteiger partial charge in [0.1, 0.15) is 5.75 Å². The molecule has 0 aliphatic carbocycles. The molecule has 0 saturated heterocycles. The van der Waals surface area contributed by atoms with Crippen LogP contribution in [0, 0.1) is 11.8 Å². The molecule has 0 radical (unpaired) electrons. The van der Waals surface area contributed by atoms with Crippen molar-refractivity contribution in [3.63, 3.8) is 0 Å². The second-order valence-corrected chi connectivity index (χ2v) is 8.55. The van der Waals surface area contributed by atoms with Crippen LogP contribution in [-0.4, -0.2) is 20.8 Å². The first kappa shape index (κ1) is 18.0. The molecule has 1 unspecified atom stereocenters. The van der Waals surface area contributed by atoms with Crippen LogP contribution in [0.15, 0.2) is 24.3 Å². The number of primary sulfonamides is 1. The standard InChI is InChI=1S/C16H27NO3S/c1-12(2)13(11-21(17,18)19)10-20-15-9-7-6-8-14(15)16(3,4)5/h6-9,12-13H,10-11H2,1-5H3,(H2,17,18,19). The first-order valence-electron chi connectivity index (χ1n) is 7.23. The molecule has 120 valence electrons. The Balaban J connectivity index is 2.87. The van der Waals surface area contributed by atoms with Crippen molar-refractivity contribution < 1.29 is 13.2 Å². The summed E-state index contributed by atoms with van der Waals surface area (Å²) < 4.78 is 28.5. The number of hydrogen-bond acceptors (Lipinski definition) is 3. The smallest absolute Gasteiger partial charge is 0.209 e. The summed E-state index contributed by atoms with van der Waals surface area (Å²) in [4.78, 5) is 0. The molecular weight excluding hydrogens is 286 g/mol. The van der Waals surface area contributed by atoms with E-state index in [2.05, 4.69) is 20.8 Å². The molecule has 0 fully saturated rings. The third-order valence-corrected chi connectivity index (χ3v) is 4.43. The Morgan fingerprint density at radius 2 is 1.76 bits per heavy atom. The van der Waals surface area contributed by atoms with Gasteiger partial charge in [-0.1, -0.05) is 52.8 Å². The first-order chi connectivity index (χ1) is 9.50. The second kappa shape index (κ2) is 6.79. The maximum absolute atomic E-state index is 11.3. The molecule has 0 saturated carbocycles. The van der Waals surface area contributed by atoms with E-state index in [4.69, 9.17) is 9.88 Å². The van der Waals surface area contributed by atoms with E-state index in [9.17, 15) is 8.42 Å². The van der Waals surface area contributed by atoms with E-state index in [0.717, 1.165) is 11.3 Å². The molecule has 0 spiro atoms. The number of hydrogen-bond donors (Lipinski definition) is 1. The number of benzene rings is 1. The van der Waals surface area contributed by atoms with Gasteiger partial charge in [-0.3, -0.25) is 0 Å². The van der Waals surface area contributed by atoms with Gasteiger partial charge < -0.3 is 4.74 Å².